The molecule has 0 aliphatic rings. The highest BCUT2D eigenvalue weighted by molar-refractivity contribution is 6.31. The highest BCUT2D eigenvalue weighted by atomic mass is 35.5. The van der Waals surface area contributed by atoms with E-state index in [-0.39, 0.29) is 12.1 Å². The number of benzene rings is 1. The van der Waals surface area contributed by atoms with Crippen LogP contribution in [0.25, 0.3) is 11.0 Å². The van der Waals surface area contributed by atoms with Crippen LogP contribution >= 0.6 is 11.6 Å². The summed E-state index contributed by atoms with van der Waals surface area (Å²) in [6, 6.07) is 7.41. The van der Waals surface area contributed by atoms with Crippen molar-refractivity contribution < 1.29 is 0 Å². The van der Waals surface area contributed by atoms with Crippen LogP contribution < -0.4 is 5.56 Å². The largest absolute Gasteiger partial charge is 0.330 e. The Balaban J connectivity index is 2.14. The molecule has 1 aromatic carbocycles. The van der Waals surface area contributed by atoms with Crippen LogP contribution in [0, 0.1) is 25.2 Å². The van der Waals surface area contributed by atoms with E-state index in [1.807, 2.05) is 23.8 Å². The first-order chi connectivity index (χ1) is 10.9. The first-order valence-corrected chi connectivity index (χ1v) is 7.39. The number of aryl methyl sites for hydroxylation is 2. The number of hydrogen-bond donors (Lipinski definition) is 0. The molecule has 0 bridgehead atoms. The van der Waals surface area contributed by atoms with Crippen molar-refractivity contribution in [2.24, 2.45) is 7.05 Å². The van der Waals surface area contributed by atoms with E-state index < -0.39 is 5.56 Å². The lowest BCUT2D eigenvalue weighted by atomic mass is 10.1. The number of fused-ring (bicyclic) bond motifs is 1. The Morgan fingerprint density at radius 3 is 2.78 bits per heavy atom. The van der Waals surface area contributed by atoms with Gasteiger partial charge in [0.2, 0.25) is 0 Å². The SMILES string of the molecule is Cc1nn(Cc2nc3cc(Cl)ccc3n2C)c(=O)c(C#N)c1C. The van der Waals surface area contributed by atoms with Crippen LogP contribution in [-0.4, -0.2) is 19.3 Å². The second-order valence-corrected chi connectivity index (χ2v) is 5.82. The van der Waals surface area contributed by atoms with Crippen molar-refractivity contribution in [3.05, 3.63) is 56.2 Å². The Morgan fingerprint density at radius 2 is 2.09 bits per heavy atom. The van der Waals surface area contributed by atoms with Gasteiger partial charge in [-0.15, -0.1) is 0 Å². The molecule has 0 N–H and O–H groups in total. The Labute approximate surface area is 137 Å². The predicted molar refractivity (Wildman–Crippen MR) is 87.5 cm³/mol. The normalized spacial score (nSPS) is 10.9. The number of rotatable bonds is 2. The minimum Gasteiger partial charge on any atom is -0.330 e. The van der Waals surface area contributed by atoms with Crippen LogP contribution in [0.5, 0.6) is 0 Å². The van der Waals surface area contributed by atoms with E-state index in [1.165, 1.54) is 4.68 Å². The summed E-state index contributed by atoms with van der Waals surface area (Å²) < 4.78 is 3.17. The number of nitriles is 1. The van der Waals surface area contributed by atoms with Crippen LogP contribution in [-0.2, 0) is 13.6 Å². The van der Waals surface area contributed by atoms with Crippen molar-refractivity contribution in [2.45, 2.75) is 20.4 Å². The molecule has 0 unspecified atom stereocenters. The summed E-state index contributed by atoms with van der Waals surface area (Å²) in [5.74, 6) is 0.670. The third kappa shape index (κ3) is 2.49. The molecule has 2 aromatic heterocycles. The highest BCUT2D eigenvalue weighted by Crippen LogP contribution is 2.19. The molecule has 0 saturated carbocycles. The number of aromatic nitrogens is 4. The van der Waals surface area contributed by atoms with E-state index in [1.54, 1.807) is 26.0 Å². The molecule has 6 nitrogen and oxygen atoms in total. The van der Waals surface area contributed by atoms with Gasteiger partial charge in [-0.1, -0.05) is 11.6 Å². The predicted octanol–water partition coefficient (Wildman–Crippen LogP) is 2.32. The Morgan fingerprint density at radius 1 is 1.35 bits per heavy atom. The maximum Gasteiger partial charge on any atom is 0.285 e. The van der Waals surface area contributed by atoms with E-state index in [0.29, 0.717) is 22.1 Å². The first-order valence-electron chi connectivity index (χ1n) is 7.01. The summed E-state index contributed by atoms with van der Waals surface area (Å²) in [5, 5.41) is 14.1. The lowest BCUT2D eigenvalue weighted by molar-refractivity contribution is 0.588. The molecular weight excluding hydrogens is 314 g/mol. The van der Waals surface area contributed by atoms with Crippen molar-refractivity contribution in [3.8, 4) is 6.07 Å². The van der Waals surface area contributed by atoms with Crippen LogP contribution in [0.2, 0.25) is 5.02 Å². The number of nitrogens with zero attached hydrogens (tertiary/aromatic N) is 5. The Hall–Kier alpha value is -2.65. The van der Waals surface area contributed by atoms with Crippen molar-refractivity contribution in [1.29, 1.82) is 5.26 Å². The van der Waals surface area contributed by atoms with E-state index in [2.05, 4.69) is 10.1 Å². The van der Waals surface area contributed by atoms with Crippen LogP contribution in [0.3, 0.4) is 0 Å². The molecule has 0 atom stereocenters. The zero-order valence-electron chi connectivity index (χ0n) is 13.0. The molecule has 0 amide bonds. The van der Waals surface area contributed by atoms with Crippen LogP contribution in [0.15, 0.2) is 23.0 Å². The fraction of sp³-hybridized carbons (Fsp3) is 0.250. The second kappa shape index (κ2) is 5.52. The monoisotopic (exact) mass is 327 g/mol. The average Bonchev–Trinajstić information content (AvgIpc) is 2.81. The van der Waals surface area contributed by atoms with Crippen molar-refractivity contribution in [1.82, 2.24) is 19.3 Å². The molecule has 23 heavy (non-hydrogen) atoms. The molecule has 0 aliphatic heterocycles. The molecule has 3 aromatic rings. The number of imidazole rings is 1. The maximum absolute atomic E-state index is 12.4. The molecule has 0 aliphatic carbocycles. The minimum absolute atomic E-state index is 0.124. The van der Waals surface area contributed by atoms with Gasteiger partial charge in [-0.2, -0.15) is 10.4 Å². The highest BCUT2D eigenvalue weighted by Gasteiger charge is 2.14. The molecule has 116 valence electrons. The number of halogens is 1. The molecular formula is C16H14ClN5O. The minimum atomic E-state index is -0.402. The molecule has 3 rings (SSSR count). The molecule has 0 radical (unpaired) electrons. The summed E-state index contributed by atoms with van der Waals surface area (Å²) in [6.45, 7) is 3.70. The smallest absolute Gasteiger partial charge is 0.285 e. The first kappa shape index (κ1) is 15.3. The lowest BCUT2D eigenvalue weighted by Gasteiger charge is -2.09. The fourth-order valence-electron chi connectivity index (χ4n) is 2.51. The van der Waals surface area contributed by atoms with E-state index in [4.69, 9.17) is 11.6 Å². The summed E-state index contributed by atoms with van der Waals surface area (Å²) in [5.41, 5.74) is 2.67. The third-order valence-electron chi connectivity index (χ3n) is 3.98. The topological polar surface area (TPSA) is 76.5 Å². The van der Waals surface area contributed by atoms with Gasteiger partial charge in [0.25, 0.3) is 5.56 Å². The number of hydrogen-bond acceptors (Lipinski definition) is 4. The average molecular weight is 328 g/mol. The lowest BCUT2D eigenvalue weighted by Crippen LogP contribution is -2.28. The summed E-state index contributed by atoms with van der Waals surface area (Å²) in [4.78, 5) is 16.9. The van der Waals surface area contributed by atoms with Gasteiger partial charge in [0.15, 0.2) is 0 Å². The van der Waals surface area contributed by atoms with Crippen LogP contribution in [0.1, 0.15) is 22.6 Å². The maximum atomic E-state index is 12.4. The molecule has 0 fully saturated rings. The fourth-order valence-corrected chi connectivity index (χ4v) is 2.68. The Kier molecular flexibility index (Phi) is 3.66. The summed E-state index contributed by atoms with van der Waals surface area (Å²) in [7, 11) is 1.87. The quantitative estimate of drug-likeness (QED) is 0.723. The molecule has 0 saturated heterocycles. The zero-order chi connectivity index (χ0) is 16.7. The molecule has 0 spiro atoms. The van der Waals surface area contributed by atoms with Crippen LogP contribution in [0.4, 0.5) is 0 Å². The van der Waals surface area contributed by atoms with Gasteiger partial charge in [0, 0.05) is 12.1 Å². The van der Waals surface area contributed by atoms with Gasteiger partial charge in [0.05, 0.1) is 16.7 Å². The summed E-state index contributed by atoms with van der Waals surface area (Å²) in [6.07, 6.45) is 0. The third-order valence-corrected chi connectivity index (χ3v) is 4.21. The standard InChI is InChI=1S/C16H14ClN5O/c1-9-10(2)20-22(16(23)12(9)7-18)8-15-19-13-6-11(17)4-5-14(13)21(15)3/h4-6H,8H2,1-3H3. The van der Waals surface area contributed by atoms with Gasteiger partial charge in [-0.25, -0.2) is 9.67 Å². The van der Waals surface area contributed by atoms with Gasteiger partial charge < -0.3 is 4.57 Å². The van der Waals surface area contributed by atoms with Gasteiger partial charge in [0.1, 0.15) is 24.0 Å². The molecule has 2 heterocycles. The zero-order valence-corrected chi connectivity index (χ0v) is 13.7. The Bertz CT molecular complexity index is 1030. The van der Waals surface area contributed by atoms with Gasteiger partial charge >= 0.3 is 0 Å². The van der Waals surface area contributed by atoms with Crippen molar-refractivity contribution in [2.75, 3.05) is 0 Å². The van der Waals surface area contributed by atoms with Crippen molar-refractivity contribution >= 4 is 22.6 Å². The van der Waals surface area contributed by atoms with Gasteiger partial charge in [-0.05, 0) is 37.6 Å². The second-order valence-electron chi connectivity index (χ2n) is 5.38. The van der Waals surface area contributed by atoms with Crippen molar-refractivity contribution in [3.63, 3.8) is 0 Å². The summed E-state index contributed by atoms with van der Waals surface area (Å²) >= 11 is 5.99. The molecule has 7 heteroatoms. The van der Waals surface area contributed by atoms with E-state index in [0.717, 1.165) is 11.0 Å². The van der Waals surface area contributed by atoms with E-state index >= 15 is 0 Å². The van der Waals surface area contributed by atoms with E-state index in [9.17, 15) is 10.1 Å². The van der Waals surface area contributed by atoms with Gasteiger partial charge in [-0.3, -0.25) is 4.79 Å².